The average molecular weight is 529 g/mol. The van der Waals surface area contributed by atoms with Gasteiger partial charge in [-0.25, -0.2) is 9.59 Å². The Balaban J connectivity index is 0.000000380. The van der Waals surface area contributed by atoms with Crippen LogP contribution in [0.3, 0.4) is 0 Å². The van der Waals surface area contributed by atoms with Crippen LogP contribution in [0.25, 0.3) is 0 Å². The highest BCUT2D eigenvalue weighted by Crippen LogP contribution is 2.45. The summed E-state index contributed by atoms with van der Waals surface area (Å²) in [5, 5.41) is 38.9. The summed E-state index contributed by atoms with van der Waals surface area (Å²) in [6.45, 7) is 14.0. The summed E-state index contributed by atoms with van der Waals surface area (Å²) in [5.74, 6) is -2.06. The molecule has 0 aliphatic heterocycles. The van der Waals surface area contributed by atoms with E-state index < -0.39 is 34.0 Å². The zero-order valence-corrected chi connectivity index (χ0v) is 23.5. The molecular formula is C30H40O8. The van der Waals surface area contributed by atoms with E-state index in [1.165, 1.54) is 12.2 Å². The number of carbonyl (C=O) groups is 4. The molecule has 0 unspecified atom stereocenters. The highest BCUT2D eigenvalue weighted by atomic mass is 16.4. The van der Waals surface area contributed by atoms with Crippen molar-refractivity contribution in [2.75, 3.05) is 0 Å². The zero-order valence-electron chi connectivity index (χ0n) is 23.5. The lowest BCUT2D eigenvalue weighted by molar-refractivity contribution is -0.132. The van der Waals surface area contributed by atoms with E-state index in [4.69, 9.17) is 10.2 Å². The SMILES string of the molecule is CC1=CC(=O)CC(C)(C)[C@@]1(O)/C=C/C(C)=C\C(=O)O.CC1=CC(=O)CC(C)(C)[C@@]1(O)/C=C/C(C)=C\C(=O)O. The summed E-state index contributed by atoms with van der Waals surface area (Å²) in [4.78, 5) is 44.2. The topological polar surface area (TPSA) is 149 Å². The number of allylic oxidation sites excluding steroid dienone is 6. The van der Waals surface area contributed by atoms with E-state index in [9.17, 15) is 29.4 Å². The van der Waals surface area contributed by atoms with Crippen LogP contribution in [0.1, 0.15) is 68.2 Å². The summed E-state index contributed by atoms with van der Waals surface area (Å²) in [5.41, 5.74) is -1.52. The van der Waals surface area contributed by atoms with E-state index in [0.717, 1.165) is 12.2 Å². The molecule has 0 amide bonds. The minimum Gasteiger partial charge on any atom is -0.478 e. The second-order valence-corrected chi connectivity index (χ2v) is 11.4. The van der Waals surface area contributed by atoms with Crippen molar-refractivity contribution >= 4 is 23.5 Å². The molecule has 0 spiro atoms. The predicted octanol–water partition coefficient (Wildman–Crippen LogP) is 4.50. The van der Waals surface area contributed by atoms with Gasteiger partial charge in [0.15, 0.2) is 11.6 Å². The molecule has 0 saturated carbocycles. The standard InChI is InChI=1S/2C15H20O4/c2*1-10(7-13(17)18)5-6-15(19)11(2)8-12(16)9-14(15,3)4/h2*5-8,19H,9H2,1-4H3,(H,17,18)/b2*6-5+,10-7-/t2*15-/m11/s1. The normalized spacial score (nSPS) is 27.5. The van der Waals surface area contributed by atoms with Crippen LogP contribution < -0.4 is 0 Å². The molecule has 2 rings (SSSR count). The molecule has 0 fully saturated rings. The van der Waals surface area contributed by atoms with Crippen molar-refractivity contribution in [1.29, 1.82) is 0 Å². The number of ketones is 2. The van der Waals surface area contributed by atoms with Gasteiger partial charge in [-0.3, -0.25) is 9.59 Å². The van der Waals surface area contributed by atoms with Gasteiger partial charge in [0, 0.05) is 35.8 Å². The molecule has 8 nitrogen and oxygen atoms in total. The van der Waals surface area contributed by atoms with Crippen LogP contribution in [0.5, 0.6) is 0 Å². The van der Waals surface area contributed by atoms with Gasteiger partial charge >= 0.3 is 11.9 Å². The van der Waals surface area contributed by atoms with Crippen molar-refractivity contribution in [2.24, 2.45) is 10.8 Å². The van der Waals surface area contributed by atoms with Crippen molar-refractivity contribution in [3.05, 3.63) is 70.9 Å². The highest BCUT2D eigenvalue weighted by Gasteiger charge is 2.47. The summed E-state index contributed by atoms with van der Waals surface area (Å²) in [7, 11) is 0. The quantitative estimate of drug-likeness (QED) is 0.291. The second-order valence-electron chi connectivity index (χ2n) is 11.4. The maximum atomic E-state index is 11.6. The minimum absolute atomic E-state index is 0.00150. The average Bonchev–Trinajstić information content (AvgIpc) is 2.72. The van der Waals surface area contributed by atoms with Crippen LogP contribution in [-0.2, 0) is 19.2 Å². The van der Waals surface area contributed by atoms with E-state index in [2.05, 4.69) is 0 Å². The molecule has 0 aromatic rings. The number of hydrogen-bond acceptors (Lipinski definition) is 6. The Hall–Kier alpha value is -3.36. The monoisotopic (exact) mass is 528 g/mol. The largest absolute Gasteiger partial charge is 0.478 e. The van der Waals surface area contributed by atoms with E-state index in [0.29, 0.717) is 22.3 Å². The van der Waals surface area contributed by atoms with Crippen molar-refractivity contribution in [3.8, 4) is 0 Å². The first-order chi connectivity index (χ1) is 17.2. The van der Waals surface area contributed by atoms with Crippen LogP contribution >= 0.6 is 0 Å². The lowest BCUT2D eigenvalue weighted by atomic mass is 9.64. The summed E-state index contributed by atoms with van der Waals surface area (Å²) in [6, 6.07) is 0. The van der Waals surface area contributed by atoms with Crippen molar-refractivity contribution in [1.82, 2.24) is 0 Å². The molecule has 0 heterocycles. The fourth-order valence-electron chi connectivity index (χ4n) is 4.72. The molecule has 38 heavy (non-hydrogen) atoms. The maximum Gasteiger partial charge on any atom is 0.328 e. The van der Waals surface area contributed by atoms with Crippen LogP contribution in [0.4, 0.5) is 0 Å². The third-order valence-corrected chi connectivity index (χ3v) is 7.13. The van der Waals surface area contributed by atoms with Crippen LogP contribution in [-0.4, -0.2) is 55.1 Å². The Kier molecular flexibility index (Phi) is 10.3. The van der Waals surface area contributed by atoms with Crippen LogP contribution in [0.2, 0.25) is 0 Å². The Labute approximate surface area is 224 Å². The number of carboxylic acids is 2. The molecule has 0 radical (unpaired) electrons. The molecule has 0 aromatic carbocycles. The van der Waals surface area contributed by atoms with E-state index in [1.807, 2.05) is 27.7 Å². The predicted molar refractivity (Wildman–Crippen MR) is 145 cm³/mol. The van der Waals surface area contributed by atoms with E-state index in [1.54, 1.807) is 52.0 Å². The molecular weight excluding hydrogens is 488 g/mol. The number of aliphatic hydroxyl groups is 2. The molecule has 208 valence electrons. The number of aliphatic carboxylic acids is 2. The third kappa shape index (κ3) is 7.82. The molecule has 2 aliphatic carbocycles. The molecule has 0 bridgehead atoms. The number of carboxylic acid groups (broad SMARTS) is 2. The summed E-state index contributed by atoms with van der Waals surface area (Å²) >= 11 is 0. The van der Waals surface area contributed by atoms with Gasteiger partial charge < -0.3 is 20.4 Å². The first-order valence-electron chi connectivity index (χ1n) is 12.3. The first kappa shape index (κ1) is 32.7. The van der Waals surface area contributed by atoms with Gasteiger partial charge in [-0.1, -0.05) is 39.8 Å². The second kappa shape index (κ2) is 12.0. The van der Waals surface area contributed by atoms with Gasteiger partial charge in [0.05, 0.1) is 0 Å². The van der Waals surface area contributed by atoms with Gasteiger partial charge in [-0.2, -0.15) is 0 Å². The number of rotatable bonds is 6. The molecule has 0 saturated heterocycles. The molecule has 4 N–H and O–H groups in total. The Morgan fingerprint density at radius 2 is 1.00 bits per heavy atom. The third-order valence-electron chi connectivity index (χ3n) is 7.13. The smallest absolute Gasteiger partial charge is 0.328 e. The fourth-order valence-corrected chi connectivity index (χ4v) is 4.72. The minimum atomic E-state index is -1.24. The summed E-state index contributed by atoms with van der Waals surface area (Å²) < 4.78 is 0. The molecule has 8 heteroatoms. The van der Waals surface area contributed by atoms with Crippen molar-refractivity contribution < 1.29 is 39.6 Å². The maximum absolute atomic E-state index is 11.6. The van der Waals surface area contributed by atoms with Gasteiger partial charge in [0.25, 0.3) is 0 Å². The first-order valence-corrected chi connectivity index (χ1v) is 12.3. The van der Waals surface area contributed by atoms with Crippen LogP contribution in [0, 0.1) is 10.8 Å². The number of hydrogen-bond donors (Lipinski definition) is 4. The van der Waals surface area contributed by atoms with E-state index >= 15 is 0 Å². The van der Waals surface area contributed by atoms with Crippen molar-refractivity contribution in [3.63, 3.8) is 0 Å². The highest BCUT2D eigenvalue weighted by molar-refractivity contribution is 5.93. The lowest BCUT2D eigenvalue weighted by Gasteiger charge is -2.44. The molecule has 0 aromatic heterocycles. The molecule has 2 atom stereocenters. The Bertz CT molecular complexity index is 1080. The van der Waals surface area contributed by atoms with E-state index in [-0.39, 0.29) is 24.4 Å². The Morgan fingerprint density at radius 1 is 0.711 bits per heavy atom. The summed E-state index contributed by atoms with van der Waals surface area (Å²) in [6.07, 6.45) is 11.8. The van der Waals surface area contributed by atoms with Gasteiger partial charge in [0.1, 0.15) is 11.2 Å². The van der Waals surface area contributed by atoms with Crippen molar-refractivity contribution in [2.45, 2.75) is 79.4 Å². The zero-order chi connectivity index (χ0) is 29.7. The molecule has 2 aliphatic rings. The fraction of sp³-hybridized carbons (Fsp3) is 0.467. The Morgan fingerprint density at radius 3 is 1.24 bits per heavy atom. The van der Waals surface area contributed by atoms with Gasteiger partial charge in [-0.15, -0.1) is 0 Å². The number of carbonyl (C=O) groups excluding carboxylic acids is 2. The lowest BCUT2D eigenvalue weighted by Crippen LogP contribution is -2.48. The van der Waals surface area contributed by atoms with Gasteiger partial charge in [-0.05, 0) is 74.3 Å². The van der Waals surface area contributed by atoms with Gasteiger partial charge in [0.2, 0.25) is 0 Å². The van der Waals surface area contributed by atoms with Crippen LogP contribution in [0.15, 0.2) is 70.9 Å².